The van der Waals surface area contributed by atoms with Crippen molar-refractivity contribution in [3.05, 3.63) is 71.5 Å². The third kappa shape index (κ3) is 6.51. The van der Waals surface area contributed by atoms with Crippen molar-refractivity contribution in [3.8, 4) is 0 Å². The number of unbranched alkanes of at least 4 members (excludes halogenated alkanes) is 1. The third-order valence-corrected chi connectivity index (χ3v) is 4.17. The van der Waals surface area contributed by atoms with Crippen molar-refractivity contribution >= 4 is 11.8 Å². The normalized spacial score (nSPS) is 11.1. The van der Waals surface area contributed by atoms with Crippen molar-refractivity contribution in [2.45, 2.75) is 52.0 Å². The summed E-state index contributed by atoms with van der Waals surface area (Å²) in [7, 11) is 0. The summed E-state index contributed by atoms with van der Waals surface area (Å²) in [6.07, 6.45) is 2.88. The van der Waals surface area contributed by atoms with E-state index in [9.17, 15) is 14.0 Å². The van der Waals surface area contributed by atoms with Crippen molar-refractivity contribution in [2.24, 2.45) is 0 Å². The van der Waals surface area contributed by atoms with E-state index in [2.05, 4.69) is 17.6 Å². The molecular weight excluding hydrogens is 343 g/mol. The zero-order valence-corrected chi connectivity index (χ0v) is 16.2. The molecule has 0 fully saturated rings. The van der Waals surface area contributed by atoms with Crippen molar-refractivity contribution < 1.29 is 14.0 Å². The topological polar surface area (TPSA) is 49.4 Å². The Morgan fingerprint density at radius 1 is 1.00 bits per heavy atom. The number of hydrazine groups is 1. The molecule has 4 nitrogen and oxygen atoms in total. The Balaban J connectivity index is 1.92. The molecule has 2 amide bonds. The molecule has 144 valence electrons. The molecule has 27 heavy (non-hydrogen) atoms. The number of hydrogen-bond donors (Lipinski definition) is 1. The van der Waals surface area contributed by atoms with E-state index in [4.69, 9.17) is 0 Å². The van der Waals surface area contributed by atoms with E-state index in [1.54, 1.807) is 0 Å². The lowest BCUT2D eigenvalue weighted by atomic mass is 10.0. The maximum absolute atomic E-state index is 13.3. The van der Waals surface area contributed by atoms with Gasteiger partial charge in [0.25, 0.3) is 5.91 Å². The molecule has 0 aliphatic rings. The predicted molar refractivity (Wildman–Crippen MR) is 104 cm³/mol. The van der Waals surface area contributed by atoms with Gasteiger partial charge in [0, 0.05) is 12.0 Å². The van der Waals surface area contributed by atoms with Crippen molar-refractivity contribution in [1.82, 2.24) is 10.4 Å². The Kier molecular flexibility index (Phi) is 7.11. The van der Waals surface area contributed by atoms with Gasteiger partial charge in [-0.3, -0.25) is 15.0 Å². The quantitative estimate of drug-likeness (QED) is 0.601. The number of nitrogens with one attached hydrogen (secondary N) is 1. The van der Waals surface area contributed by atoms with Crippen molar-refractivity contribution in [3.63, 3.8) is 0 Å². The maximum atomic E-state index is 13.3. The number of carbonyl (C=O) groups excluding carboxylic acids is 2. The second-order valence-corrected chi connectivity index (χ2v) is 7.54. The minimum Gasteiger partial charge on any atom is -0.273 e. The highest BCUT2D eigenvalue weighted by Crippen LogP contribution is 2.15. The Morgan fingerprint density at radius 2 is 1.70 bits per heavy atom. The number of halogens is 1. The van der Waals surface area contributed by atoms with Crippen LogP contribution in [0.3, 0.4) is 0 Å². The number of carbonyl (C=O) groups is 2. The molecule has 0 bridgehead atoms. The minimum absolute atomic E-state index is 0.152. The monoisotopic (exact) mass is 370 g/mol. The second-order valence-electron chi connectivity index (χ2n) is 7.54. The van der Waals surface area contributed by atoms with Gasteiger partial charge in [0.15, 0.2) is 0 Å². The van der Waals surface area contributed by atoms with Crippen LogP contribution in [-0.4, -0.2) is 22.4 Å². The largest absolute Gasteiger partial charge is 0.273 e. The average Bonchev–Trinajstić information content (AvgIpc) is 2.63. The molecule has 0 unspecified atom stereocenters. The van der Waals surface area contributed by atoms with Crippen LogP contribution in [0.2, 0.25) is 0 Å². The fourth-order valence-corrected chi connectivity index (χ4v) is 2.76. The molecule has 0 heterocycles. The van der Waals surface area contributed by atoms with Crippen LogP contribution >= 0.6 is 0 Å². The van der Waals surface area contributed by atoms with E-state index in [0.717, 1.165) is 25.3 Å². The van der Waals surface area contributed by atoms with Gasteiger partial charge in [-0.1, -0.05) is 36.4 Å². The second kappa shape index (κ2) is 9.31. The molecule has 0 aromatic heterocycles. The zero-order chi connectivity index (χ0) is 19.9. The SMILES string of the molecule is CC(C)(C)N(NC(=O)c1cccc(F)c1)C(=O)CCCCc1ccccc1. The number of hydrogen-bond acceptors (Lipinski definition) is 2. The Bertz CT molecular complexity index is 769. The summed E-state index contributed by atoms with van der Waals surface area (Å²) in [4.78, 5) is 25.1. The summed E-state index contributed by atoms with van der Waals surface area (Å²) in [5.74, 6) is -1.14. The number of nitrogens with zero attached hydrogens (tertiary/aromatic N) is 1. The molecule has 5 heteroatoms. The fraction of sp³-hybridized carbons (Fsp3) is 0.364. The van der Waals surface area contributed by atoms with E-state index >= 15 is 0 Å². The van der Waals surface area contributed by atoms with E-state index in [0.29, 0.717) is 6.42 Å². The highest BCUT2D eigenvalue weighted by Gasteiger charge is 2.28. The fourth-order valence-electron chi connectivity index (χ4n) is 2.76. The molecule has 1 N–H and O–H groups in total. The van der Waals surface area contributed by atoms with Gasteiger partial charge >= 0.3 is 0 Å². The van der Waals surface area contributed by atoms with Gasteiger partial charge < -0.3 is 0 Å². The number of rotatable bonds is 6. The molecule has 0 radical (unpaired) electrons. The van der Waals surface area contributed by atoms with Gasteiger partial charge in [0.05, 0.1) is 5.54 Å². The molecular formula is C22H27FN2O2. The van der Waals surface area contributed by atoms with Crippen LogP contribution in [0.5, 0.6) is 0 Å². The average molecular weight is 370 g/mol. The zero-order valence-electron chi connectivity index (χ0n) is 16.2. The van der Waals surface area contributed by atoms with Gasteiger partial charge in [-0.2, -0.15) is 0 Å². The molecule has 2 aromatic carbocycles. The molecule has 2 rings (SSSR count). The standard InChI is InChI=1S/C22H27FN2O2/c1-22(2,3)25(24-21(27)18-13-9-14-19(23)16-18)20(26)15-8-7-12-17-10-5-4-6-11-17/h4-6,9-11,13-14,16H,7-8,12,15H2,1-3H3,(H,24,27). The smallest absolute Gasteiger partial charge is 0.269 e. The first-order valence-corrected chi connectivity index (χ1v) is 9.21. The van der Waals surface area contributed by atoms with E-state index in [-0.39, 0.29) is 11.5 Å². The lowest BCUT2D eigenvalue weighted by Gasteiger charge is -2.35. The third-order valence-electron chi connectivity index (χ3n) is 4.17. The molecule has 0 saturated carbocycles. The summed E-state index contributed by atoms with van der Waals surface area (Å²) in [6, 6.07) is 15.5. The minimum atomic E-state index is -0.584. The van der Waals surface area contributed by atoms with Gasteiger partial charge in [-0.05, 0) is 63.8 Å². The summed E-state index contributed by atoms with van der Waals surface area (Å²) in [5.41, 5.74) is 3.48. The summed E-state index contributed by atoms with van der Waals surface area (Å²) in [5, 5.41) is 1.35. The van der Waals surface area contributed by atoms with Crippen molar-refractivity contribution in [1.29, 1.82) is 0 Å². The lowest BCUT2D eigenvalue weighted by molar-refractivity contribution is -0.139. The van der Waals surface area contributed by atoms with Crippen LogP contribution in [0, 0.1) is 5.82 Å². The molecule has 0 aliphatic carbocycles. The van der Waals surface area contributed by atoms with Gasteiger partial charge in [-0.25, -0.2) is 9.40 Å². The van der Waals surface area contributed by atoms with Crippen LogP contribution in [0.1, 0.15) is 56.0 Å². The first kappa shape index (κ1) is 20.6. The van der Waals surface area contributed by atoms with Crippen LogP contribution in [0.25, 0.3) is 0 Å². The summed E-state index contributed by atoms with van der Waals surface area (Å²) in [6.45, 7) is 5.54. The van der Waals surface area contributed by atoms with Gasteiger partial charge in [-0.15, -0.1) is 0 Å². The molecule has 0 spiro atoms. The van der Waals surface area contributed by atoms with E-state index in [1.807, 2.05) is 39.0 Å². The van der Waals surface area contributed by atoms with E-state index in [1.165, 1.54) is 28.8 Å². The Labute approximate surface area is 160 Å². The van der Waals surface area contributed by atoms with Gasteiger partial charge in [0.2, 0.25) is 5.91 Å². The maximum Gasteiger partial charge on any atom is 0.269 e. The lowest BCUT2D eigenvalue weighted by Crippen LogP contribution is -2.55. The van der Waals surface area contributed by atoms with Crippen LogP contribution in [0.15, 0.2) is 54.6 Å². The first-order valence-electron chi connectivity index (χ1n) is 9.21. The van der Waals surface area contributed by atoms with Crippen LogP contribution in [0.4, 0.5) is 4.39 Å². The highest BCUT2D eigenvalue weighted by atomic mass is 19.1. The summed E-state index contributed by atoms with van der Waals surface area (Å²) >= 11 is 0. The van der Waals surface area contributed by atoms with E-state index < -0.39 is 17.3 Å². The summed E-state index contributed by atoms with van der Waals surface area (Å²) < 4.78 is 13.3. The predicted octanol–water partition coefficient (Wildman–Crippen LogP) is 4.51. The number of aryl methyl sites for hydroxylation is 1. The van der Waals surface area contributed by atoms with Crippen LogP contribution < -0.4 is 5.43 Å². The van der Waals surface area contributed by atoms with Gasteiger partial charge in [0.1, 0.15) is 5.82 Å². The molecule has 0 aliphatic heterocycles. The number of amides is 2. The Hall–Kier alpha value is -2.69. The number of benzene rings is 2. The Morgan fingerprint density at radius 3 is 2.33 bits per heavy atom. The molecule has 0 atom stereocenters. The first-order chi connectivity index (χ1) is 12.8. The van der Waals surface area contributed by atoms with Crippen LogP contribution in [-0.2, 0) is 11.2 Å². The molecule has 2 aromatic rings. The van der Waals surface area contributed by atoms with Crippen molar-refractivity contribution in [2.75, 3.05) is 0 Å². The molecule has 0 saturated heterocycles. The highest BCUT2D eigenvalue weighted by molar-refractivity contribution is 5.95.